The lowest BCUT2D eigenvalue weighted by Gasteiger charge is -2.20. The normalized spacial score (nSPS) is 14.5. The fraction of sp³-hybridized carbons (Fsp3) is 0.364. The molecule has 0 bridgehead atoms. The number of hydrogen-bond donors (Lipinski definition) is 0. The molecule has 1 aromatic heterocycles. The van der Waals surface area contributed by atoms with Crippen LogP contribution >= 0.6 is 0 Å². The summed E-state index contributed by atoms with van der Waals surface area (Å²) in [6.07, 6.45) is 4.95. The molecule has 8 heteroatoms. The highest BCUT2D eigenvalue weighted by molar-refractivity contribution is 5.68. The predicted molar refractivity (Wildman–Crippen MR) is 108 cm³/mol. The molecule has 1 heterocycles. The number of ether oxygens (including phenoxy) is 3. The SMILES string of the molecule is COc1ccc(-c2ccc(-n3nc(OC4CCCCC4)oc3=O)c(F)c2)cc1OC. The number of aromatic nitrogens is 2. The van der Waals surface area contributed by atoms with E-state index in [4.69, 9.17) is 18.6 Å². The molecule has 30 heavy (non-hydrogen) atoms. The van der Waals surface area contributed by atoms with E-state index in [-0.39, 0.29) is 17.9 Å². The number of benzene rings is 2. The van der Waals surface area contributed by atoms with Gasteiger partial charge >= 0.3 is 11.8 Å². The van der Waals surface area contributed by atoms with E-state index in [1.54, 1.807) is 31.4 Å². The molecule has 1 saturated carbocycles. The van der Waals surface area contributed by atoms with E-state index in [1.807, 2.05) is 0 Å². The van der Waals surface area contributed by atoms with Crippen molar-refractivity contribution in [1.82, 2.24) is 9.78 Å². The van der Waals surface area contributed by atoms with Gasteiger partial charge in [0.15, 0.2) is 11.5 Å². The fourth-order valence-electron chi connectivity index (χ4n) is 3.66. The van der Waals surface area contributed by atoms with Crippen LogP contribution in [0.25, 0.3) is 16.8 Å². The van der Waals surface area contributed by atoms with Crippen LogP contribution in [-0.4, -0.2) is 30.1 Å². The van der Waals surface area contributed by atoms with Gasteiger partial charge in [-0.15, -0.1) is 0 Å². The third kappa shape index (κ3) is 4.03. The van der Waals surface area contributed by atoms with E-state index in [0.717, 1.165) is 35.9 Å². The second-order valence-electron chi connectivity index (χ2n) is 7.16. The molecule has 1 aliphatic carbocycles. The van der Waals surface area contributed by atoms with Gasteiger partial charge in [-0.1, -0.05) is 23.7 Å². The highest BCUT2D eigenvalue weighted by Crippen LogP contribution is 2.33. The summed E-state index contributed by atoms with van der Waals surface area (Å²) in [6, 6.07) is 9.81. The zero-order chi connectivity index (χ0) is 21.1. The fourth-order valence-corrected chi connectivity index (χ4v) is 3.66. The first-order valence-corrected chi connectivity index (χ1v) is 9.88. The van der Waals surface area contributed by atoms with Crippen molar-refractivity contribution in [2.45, 2.75) is 38.2 Å². The Kier molecular flexibility index (Phi) is 5.74. The van der Waals surface area contributed by atoms with E-state index in [1.165, 1.54) is 25.7 Å². The minimum absolute atomic E-state index is 0.00790. The molecule has 2 aromatic carbocycles. The van der Waals surface area contributed by atoms with Gasteiger partial charge in [0.1, 0.15) is 17.6 Å². The van der Waals surface area contributed by atoms with Crippen LogP contribution in [-0.2, 0) is 0 Å². The minimum Gasteiger partial charge on any atom is -0.493 e. The van der Waals surface area contributed by atoms with Gasteiger partial charge in [-0.2, -0.15) is 4.68 Å². The van der Waals surface area contributed by atoms with Crippen molar-refractivity contribution >= 4 is 0 Å². The third-order valence-electron chi connectivity index (χ3n) is 5.24. The molecule has 0 aliphatic heterocycles. The lowest BCUT2D eigenvalue weighted by Crippen LogP contribution is -2.19. The summed E-state index contributed by atoms with van der Waals surface area (Å²) in [5.41, 5.74) is 1.35. The Balaban J connectivity index is 1.60. The Labute approximate surface area is 173 Å². The van der Waals surface area contributed by atoms with Gasteiger partial charge in [0.05, 0.1) is 14.2 Å². The first-order valence-electron chi connectivity index (χ1n) is 9.88. The van der Waals surface area contributed by atoms with E-state index >= 15 is 0 Å². The summed E-state index contributed by atoms with van der Waals surface area (Å²) in [4.78, 5) is 12.2. The molecule has 1 fully saturated rings. The molecular formula is C22H23FN2O5. The molecule has 0 N–H and O–H groups in total. The van der Waals surface area contributed by atoms with E-state index in [0.29, 0.717) is 17.1 Å². The van der Waals surface area contributed by atoms with Crippen LogP contribution in [0, 0.1) is 5.82 Å². The molecule has 0 unspecified atom stereocenters. The van der Waals surface area contributed by atoms with Crippen molar-refractivity contribution in [2.75, 3.05) is 14.2 Å². The maximum absolute atomic E-state index is 14.9. The summed E-state index contributed by atoms with van der Waals surface area (Å²) in [7, 11) is 3.09. The maximum atomic E-state index is 14.9. The smallest absolute Gasteiger partial charge is 0.444 e. The van der Waals surface area contributed by atoms with E-state index in [2.05, 4.69) is 5.10 Å². The Bertz CT molecular complexity index is 1090. The van der Waals surface area contributed by atoms with Crippen LogP contribution in [0.2, 0.25) is 0 Å². The van der Waals surface area contributed by atoms with Gasteiger partial charge < -0.3 is 18.6 Å². The third-order valence-corrected chi connectivity index (χ3v) is 5.24. The summed E-state index contributed by atoms with van der Waals surface area (Å²) in [5.74, 6) is -0.282. The zero-order valence-corrected chi connectivity index (χ0v) is 16.9. The average molecular weight is 414 g/mol. The van der Waals surface area contributed by atoms with Crippen LogP contribution in [0.3, 0.4) is 0 Å². The molecule has 0 atom stereocenters. The summed E-state index contributed by atoms with van der Waals surface area (Å²) < 4.78 is 37.0. The first-order chi connectivity index (χ1) is 14.6. The molecule has 4 rings (SSSR count). The van der Waals surface area contributed by atoms with Crippen molar-refractivity contribution in [1.29, 1.82) is 0 Å². The second-order valence-corrected chi connectivity index (χ2v) is 7.16. The number of nitrogens with zero attached hydrogens (tertiary/aromatic N) is 2. The maximum Gasteiger partial charge on any atom is 0.444 e. The van der Waals surface area contributed by atoms with Crippen LogP contribution in [0.4, 0.5) is 4.39 Å². The van der Waals surface area contributed by atoms with Gasteiger partial charge in [0.2, 0.25) is 0 Å². The lowest BCUT2D eigenvalue weighted by atomic mass is 9.98. The van der Waals surface area contributed by atoms with Gasteiger partial charge in [-0.25, -0.2) is 9.18 Å². The quantitative estimate of drug-likeness (QED) is 0.597. The van der Waals surface area contributed by atoms with Crippen LogP contribution in [0.15, 0.2) is 45.6 Å². The molecule has 158 valence electrons. The average Bonchev–Trinajstić information content (AvgIpc) is 3.13. The Morgan fingerprint density at radius 1 is 1.00 bits per heavy atom. The Morgan fingerprint density at radius 2 is 1.70 bits per heavy atom. The predicted octanol–water partition coefficient (Wildman–Crippen LogP) is 4.36. The molecule has 0 saturated heterocycles. The van der Waals surface area contributed by atoms with Crippen molar-refractivity contribution in [3.05, 3.63) is 52.8 Å². The molecule has 3 aromatic rings. The number of rotatable bonds is 6. The second kappa shape index (κ2) is 8.61. The largest absolute Gasteiger partial charge is 0.493 e. The number of methoxy groups -OCH3 is 2. The van der Waals surface area contributed by atoms with Gasteiger partial charge in [0, 0.05) is 0 Å². The minimum atomic E-state index is -0.793. The topological polar surface area (TPSA) is 75.7 Å². The number of hydrogen-bond acceptors (Lipinski definition) is 6. The van der Waals surface area contributed by atoms with Crippen LogP contribution < -0.4 is 20.0 Å². The van der Waals surface area contributed by atoms with Crippen LogP contribution in [0.5, 0.6) is 17.6 Å². The van der Waals surface area contributed by atoms with Gasteiger partial charge in [-0.05, 0) is 61.1 Å². The van der Waals surface area contributed by atoms with Crippen molar-refractivity contribution < 1.29 is 23.0 Å². The molecule has 0 amide bonds. The Hall–Kier alpha value is -3.29. The van der Waals surface area contributed by atoms with Gasteiger partial charge in [-0.3, -0.25) is 0 Å². The molecule has 7 nitrogen and oxygen atoms in total. The standard InChI is InChI=1S/C22H23FN2O5/c1-27-19-11-9-15(13-20(19)28-2)14-8-10-18(17(23)12-14)25-22(26)30-21(24-25)29-16-6-4-3-5-7-16/h8-13,16H,3-7H2,1-2H3. The molecule has 0 spiro atoms. The summed E-state index contributed by atoms with van der Waals surface area (Å²) in [6.45, 7) is 0. The highest BCUT2D eigenvalue weighted by atomic mass is 19.1. The molecular weight excluding hydrogens is 391 g/mol. The van der Waals surface area contributed by atoms with Crippen LogP contribution in [0.1, 0.15) is 32.1 Å². The highest BCUT2D eigenvalue weighted by Gasteiger charge is 2.20. The lowest BCUT2D eigenvalue weighted by molar-refractivity contribution is 0.111. The van der Waals surface area contributed by atoms with Crippen molar-refractivity contribution in [3.8, 4) is 34.4 Å². The summed E-state index contributed by atoms with van der Waals surface area (Å²) >= 11 is 0. The van der Waals surface area contributed by atoms with Crippen molar-refractivity contribution in [2.24, 2.45) is 0 Å². The zero-order valence-electron chi connectivity index (χ0n) is 16.9. The molecule has 0 radical (unpaired) electrons. The summed E-state index contributed by atoms with van der Waals surface area (Å²) in [5, 5.41) is 4.03. The Morgan fingerprint density at radius 3 is 2.40 bits per heavy atom. The number of halogens is 1. The molecule has 1 aliphatic rings. The van der Waals surface area contributed by atoms with E-state index < -0.39 is 11.6 Å². The van der Waals surface area contributed by atoms with Gasteiger partial charge in [0.25, 0.3) is 0 Å². The monoisotopic (exact) mass is 414 g/mol. The first kappa shape index (κ1) is 20.0. The van der Waals surface area contributed by atoms with Crippen molar-refractivity contribution in [3.63, 3.8) is 0 Å². The van der Waals surface area contributed by atoms with E-state index in [9.17, 15) is 9.18 Å².